The molecular formula is C58H78N24. The molecule has 8 rings (SSSR count). The van der Waals surface area contributed by atoms with E-state index in [1.807, 2.05) is 42.5 Å². The number of fused-ring (bicyclic) bond motifs is 1. The molecule has 24 nitrogen and oxygen atoms in total. The number of nitrogens with one attached hydrogen (secondary N) is 2. The molecule has 0 aliphatic carbocycles. The third kappa shape index (κ3) is 18.2. The smallest absolute Gasteiger partial charge is 0.232 e. The zero-order valence-corrected chi connectivity index (χ0v) is 46.5. The van der Waals surface area contributed by atoms with Gasteiger partial charge >= 0.3 is 0 Å². The fourth-order valence-corrected chi connectivity index (χ4v) is 9.78. The number of benzene rings is 5. The highest BCUT2D eigenvalue weighted by Gasteiger charge is 2.38. The van der Waals surface area contributed by atoms with E-state index >= 15 is 0 Å². The summed E-state index contributed by atoms with van der Waals surface area (Å²) < 4.78 is 0. The highest BCUT2D eigenvalue weighted by Crippen LogP contribution is 2.31. The first-order valence-corrected chi connectivity index (χ1v) is 27.8. The van der Waals surface area contributed by atoms with Gasteiger partial charge in [-0.15, -0.1) is 0 Å². The van der Waals surface area contributed by atoms with Crippen LogP contribution < -0.4 is 76.1 Å². The van der Waals surface area contributed by atoms with E-state index in [0.29, 0.717) is 153 Å². The number of nitrogens with two attached hydrogens (primary N) is 8. The van der Waals surface area contributed by atoms with Crippen LogP contribution in [-0.4, -0.2) is 131 Å². The van der Waals surface area contributed by atoms with Crippen LogP contribution >= 0.6 is 0 Å². The summed E-state index contributed by atoms with van der Waals surface area (Å²) in [5.74, 6) is 2.95. The molecule has 0 radical (unpaired) electrons. The maximum Gasteiger partial charge on any atom is 0.232 e. The van der Waals surface area contributed by atoms with E-state index in [0.717, 1.165) is 33.0 Å². The summed E-state index contributed by atoms with van der Waals surface area (Å²) >= 11 is 0. The Labute approximate surface area is 479 Å². The predicted molar refractivity (Wildman–Crippen MR) is 333 cm³/mol. The third-order valence-electron chi connectivity index (χ3n) is 13.7. The number of piperazine rings is 1. The van der Waals surface area contributed by atoms with Gasteiger partial charge < -0.3 is 76.1 Å². The van der Waals surface area contributed by atoms with Gasteiger partial charge in [-0.3, -0.25) is 20.0 Å². The van der Waals surface area contributed by atoms with Crippen LogP contribution in [0.1, 0.15) is 47.9 Å². The number of nitrogens with zero attached hydrogens (tertiary/aromatic N) is 14. The van der Waals surface area contributed by atoms with Gasteiger partial charge in [0.05, 0.1) is 12.1 Å². The second-order valence-electron chi connectivity index (χ2n) is 20.0. The minimum Gasteiger partial charge on any atom is -0.370 e. The summed E-state index contributed by atoms with van der Waals surface area (Å²) in [5.41, 5.74) is 50.5. The highest BCUT2D eigenvalue weighted by molar-refractivity contribution is 5.83. The third-order valence-corrected chi connectivity index (χ3v) is 13.7. The van der Waals surface area contributed by atoms with Crippen LogP contribution in [0.4, 0.5) is 35.7 Å². The lowest BCUT2D eigenvalue weighted by Crippen LogP contribution is -2.61. The molecule has 0 bridgehead atoms. The minimum atomic E-state index is -0.216. The molecule has 430 valence electrons. The van der Waals surface area contributed by atoms with Crippen LogP contribution in [0.5, 0.6) is 0 Å². The van der Waals surface area contributed by atoms with Crippen LogP contribution in [0, 0.1) is 0 Å². The van der Waals surface area contributed by atoms with Gasteiger partial charge in [0.1, 0.15) is 0 Å². The number of guanidine groups is 4. The molecule has 18 N–H and O–H groups in total. The van der Waals surface area contributed by atoms with E-state index in [1.54, 1.807) is 0 Å². The minimum absolute atomic E-state index is 0.0278. The molecule has 1 saturated heterocycles. The molecular weight excluding hydrogens is 1030 g/mol. The standard InChI is InChI=1S/C58H78N24/c59-49(60)67-26-12-30-79(31-13-27-68-50(61)62)55-73-53(71-37-43-20-8-3-9-21-43)75-57(77-55)81-39-48(36-42-18-6-2-7-19-42)82(40-47(81)35-41-16-4-1-5-17-41)58-76-54(72-38-44-24-25-45-22-10-11-23-46(45)34-44)74-56(78-58)80(32-14-28-69-51(63)64)33-15-29-70-52(65)66/h1-11,16-25,34,47-48H,12-15,26-33,35-40H2,(H4,59,60,67)(H4,61,62,68)(H4,63,64,69)(H4,65,66,70)(H,71,73,75,77)(H,72,74,76,78). The van der Waals surface area contributed by atoms with E-state index < -0.39 is 0 Å². The molecule has 3 heterocycles. The normalized spacial score (nSPS) is 13.9. The Bertz CT molecular complexity index is 3150. The number of rotatable bonds is 30. The van der Waals surface area contributed by atoms with E-state index in [9.17, 15) is 0 Å². The zero-order valence-electron chi connectivity index (χ0n) is 46.5. The largest absolute Gasteiger partial charge is 0.370 e. The molecule has 1 aliphatic heterocycles. The summed E-state index contributed by atoms with van der Waals surface area (Å²) in [6, 6.07) is 45.4. The van der Waals surface area contributed by atoms with Crippen LogP contribution in [0.25, 0.3) is 10.8 Å². The van der Waals surface area contributed by atoms with Gasteiger partial charge in [0.15, 0.2) is 23.8 Å². The van der Waals surface area contributed by atoms with Crippen molar-refractivity contribution in [1.82, 2.24) is 29.9 Å². The molecule has 2 aromatic heterocycles. The van der Waals surface area contributed by atoms with Crippen molar-refractivity contribution < 1.29 is 0 Å². The Hall–Kier alpha value is -9.74. The topological polar surface area (TPSA) is 372 Å². The Balaban J connectivity index is 1.24. The van der Waals surface area contributed by atoms with E-state index in [1.165, 1.54) is 0 Å². The molecule has 24 heteroatoms. The fraction of sp³-hybridized carbons (Fsp3) is 0.345. The lowest BCUT2D eigenvalue weighted by molar-refractivity contribution is 0.427. The summed E-state index contributed by atoms with van der Waals surface area (Å²) in [7, 11) is 0. The molecule has 1 aliphatic rings. The summed E-state index contributed by atoms with van der Waals surface area (Å²) in [6.07, 6.45) is 3.76. The van der Waals surface area contributed by atoms with E-state index in [2.05, 4.69) is 141 Å². The Morgan fingerprint density at radius 1 is 0.415 bits per heavy atom. The van der Waals surface area contributed by atoms with Crippen molar-refractivity contribution in [3.8, 4) is 0 Å². The molecule has 2 unspecified atom stereocenters. The van der Waals surface area contributed by atoms with Gasteiger partial charge in [0, 0.05) is 78.5 Å². The maximum absolute atomic E-state index is 5.77. The average Bonchev–Trinajstić information content (AvgIpc) is 3.58. The summed E-state index contributed by atoms with van der Waals surface area (Å²) in [4.78, 5) is 57.6. The number of anilines is 6. The van der Waals surface area contributed by atoms with Gasteiger partial charge in [-0.05, 0) is 77.6 Å². The lowest BCUT2D eigenvalue weighted by Gasteiger charge is -2.47. The Morgan fingerprint density at radius 2 is 0.780 bits per heavy atom. The lowest BCUT2D eigenvalue weighted by atomic mass is 9.96. The molecule has 0 amide bonds. The molecule has 2 atom stereocenters. The Kier molecular flexibility index (Phi) is 21.4. The second kappa shape index (κ2) is 30.0. The van der Waals surface area contributed by atoms with Crippen molar-refractivity contribution in [2.75, 3.05) is 95.7 Å². The second-order valence-corrected chi connectivity index (χ2v) is 20.0. The van der Waals surface area contributed by atoms with Gasteiger partial charge in [0.2, 0.25) is 35.7 Å². The van der Waals surface area contributed by atoms with Crippen molar-refractivity contribution in [3.05, 3.63) is 156 Å². The Morgan fingerprint density at radius 3 is 1.18 bits per heavy atom. The SMILES string of the molecule is NC(N)=NCCCN(CCCN=C(N)N)c1nc(NCc2ccccc2)nc(N2CC(Cc3ccccc3)N(c3nc(NCc4ccc5ccccc5c4)nc(N(CCCN=C(N)N)CCCN=C(N)N)n3)CC2Cc2ccccc2)n1. The monoisotopic (exact) mass is 1110 g/mol. The first kappa shape index (κ1) is 58.4. The summed E-state index contributed by atoms with van der Waals surface area (Å²) in [6.45, 7) is 5.70. The van der Waals surface area contributed by atoms with Crippen LogP contribution in [0.2, 0.25) is 0 Å². The fourth-order valence-electron chi connectivity index (χ4n) is 9.78. The van der Waals surface area contributed by atoms with Gasteiger partial charge in [0.25, 0.3) is 0 Å². The predicted octanol–water partition coefficient (Wildman–Crippen LogP) is 3.25. The van der Waals surface area contributed by atoms with Crippen LogP contribution in [-0.2, 0) is 25.9 Å². The highest BCUT2D eigenvalue weighted by atomic mass is 15.4. The molecule has 1 fully saturated rings. The van der Waals surface area contributed by atoms with Crippen LogP contribution in [0.3, 0.4) is 0 Å². The molecule has 82 heavy (non-hydrogen) atoms. The van der Waals surface area contributed by atoms with Gasteiger partial charge in [-0.25, -0.2) is 0 Å². The number of aliphatic imine (C=N–C) groups is 4. The summed E-state index contributed by atoms with van der Waals surface area (Å²) in [5, 5.41) is 9.43. The van der Waals surface area contributed by atoms with Crippen molar-refractivity contribution >= 4 is 70.3 Å². The number of hydrogen-bond donors (Lipinski definition) is 10. The zero-order chi connectivity index (χ0) is 57.5. The molecule has 0 saturated carbocycles. The van der Waals surface area contributed by atoms with Gasteiger partial charge in [-0.2, -0.15) is 29.9 Å². The van der Waals surface area contributed by atoms with E-state index in [4.69, 9.17) is 75.8 Å². The van der Waals surface area contributed by atoms with Crippen molar-refractivity contribution in [2.24, 2.45) is 65.8 Å². The number of aromatic nitrogens is 6. The maximum atomic E-state index is 5.77. The average molecular weight is 1110 g/mol. The molecule has 7 aromatic rings. The van der Waals surface area contributed by atoms with Crippen molar-refractivity contribution in [1.29, 1.82) is 0 Å². The molecule has 0 spiro atoms. The molecule has 5 aromatic carbocycles. The number of hydrogen-bond acceptors (Lipinski definition) is 16. The van der Waals surface area contributed by atoms with Gasteiger partial charge in [-0.1, -0.05) is 127 Å². The quantitative estimate of drug-likeness (QED) is 0.0175. The van der Waals surface area contributed by atoms with Crippen molar-refractivity contribution in [3.63, 3.8) is 0 Å². The van der Waals surface area contributed by atoms with Crippen molar-refractivity contribution in [2.45, 2.75) is 63.7 Å². The first-order chi connectivity index (χ1) is 39.9. The first-order valence-electron chi connectivity index (χ1n) is 27.8. The van der Waals surface area contributed by atoms with Crippen LogP contribution in [0.15, 0.2) is 153 Å². The van der Waals surface area contributed by atoms with E-state index in [-0.39, 0.29) is 35.9 Å².